The molecular formula is C18H17N3O6. The molecule has 27 heavy (non-hydrogen) atoms. The molecule has 140 valence electrons. The van der Waals surface area contributed by atoms with E-state index in [0.29, 0.717) is 17.8 Å². The Labute approximate surface area is 154 Å². The number of nitrogens with zero attached hydrogens (tertiary/aromatic N) is 1. The van der Waals surface area contributed by atoms with Crippen molar-refractivity contribution in [2.24, 2.45) is 0 Å². The van der Waals surface area contributed by atoms with Crippen LogP contribution in [0.1, 0.15) is 27.6 Å². The topological polar surface area (TPSA) is 128 Å². The Morgan fingerprint density at radius 3 is 2.48 bits per heavy atom. The Morgan fingerprint density at radius 1 is 1.07 bits per heavy atom. The molecule has 0 radical (unpaired) electrons. The normalized spacial score (nSPS) is 9.96. The number of anilines is 1. The summed E-state index contributed by atoms with van der Waals surface area (Å²) in [5.41, 5.74) is 0.463. The predicted octanol–water partition coefficient (Wildman–Crippen LogP) is 2.14. The summed E-state index contributed by atoms with van der Waals surface area (Å²) in [5, 5.41) is 15.9. The fraction of sp³-hybridized carbons (Fsp3) is 0.167. The van der Waals surface area contributed by atoms with Crippen molar-refractivity contribution in [1.82, 2.24) is 5.32 Å². The maximum Gasteiger partial charge on any atom is 0.338 e. The van der Waals surface area contributed by atoms with Crippen LogP contribution in [0.25, 0.3) is 0 Å². The summed E-state index contributed by atoms with van der Waals surface area (Å²) in [6.45, 7) is 1.69. The van der Waals surface area contributed by atoms with Gasteiger partial charge in [-0.05, 0) is 31.2 Å². The lowest BCUT2D eigenvalue weighted by molar-refractivity contribution is -0.384. The van der Waals surface area contributed by atoms with E-state index in [0.717, 1.165) is 6.07 Å². The molecule has 9 nitrogen and oxygen atoms in total. The van der Waals surface area contributed by atoms with Crippen LogP contribution < -0.4 is 10.6 Å². The Bertz CT molecular complexity index is 881. The van der Waals surface area contributed by atoms with Crippen LogP contribution in [0.15, 0.2) is 48.5 Å². The van der Waals surface area contributed by atoms with Crippen molar-refractivity contribution in [2.45, 2.75) is 6.92 Å². The number of carbonyl (C=O) groups is 3. The lowest BCUT2D eigenvalue weighted by atomic mass is 10.2. The molecule has 0 saturated carbocycles. The van der Waals surface area contributed by atoms with Gasteiger partial charge in [-0.1, -0.05) is 12.1 Å². The highest BCUT2D eigenvalue weighted by Gasteiger charge is 2.14. The molecule has 0 fully saturated rings. The van der Waals surface area contributed by atoms with Crippen molar-refractivity contribution in [3.05, 3.63) is 69.8 Å². The SMILES string of the molecule is CCNC(=O)c1cccc(NC(=O)COC(=O)c2cccc([N+](=O)[O-])c2)c1. The van der Waals surface area contributed by atoms with Gasteiger partial charge in [0.2, 0.25) is 0 Å². The molecule has 0 aliphatic heterocycles. The van der Waals surface area contributed by atoms with Crippen LogP contribution in [0.5, 0.6) is 0 Å². The third-order valence-corrected chi connectivity index (χ3v) is 3.37. The molecule has 2 amide bonds. The number of ether oxygens (including phenoxy) is 1. The van der Waals surface area contributed by atoms with E-state index < -0.39 is 23.4 Å². The van der Waals surface area contributed by atoms with Gasteiger partial charge in [-0.3, -0.25) is 19.7 Å². The molecule has 2 aromatic rings. The van der Waals surface area contributed by atoms with Gasteiger partial charge in [-0.15, -0.1) is 0 Å². The lowest BCUT2D eigenvalue weighted by Gasteiger charge is -2.08. The number of non-ortho nitro benzene ring substituents is 1. The lowest BCUT2D eigenvalue weighted by Crippen LogP contribution is -2.23. The van der Waals surface area contributed by atoms with Gasteiger partial charge in [0.05, 0.1) is 10.5 Å². The summed E-state index contributed by atoms with van der Waals surface area (Å²) in [4.78, 5) is 45.7. The molecule has 0 aromatic heterocycles. The Balaban J connectivity index is 1.93. The second-order valence-electron chi connectivity index (χ2n) is 5.37. The van der Waals surface area contributed by atoms with E-state index in [-0.39, 0.29) is 17.2 Å². The molecule has 0 atom stereocenters. The van der Waals surface area contributed by atoms with Crippen molar-refractivity contribution in [1.29, 1.82) is 0 Å². The number of nitrogens with one attached hydrogen (secondary N) is 2. The maximum atomic E-state index is 11.9. The first-order valence-corrected chi connectivity index (χ1v) is 8.00. The average molecular weight is 371 g/mol. The minimum absolute atomic E-state index is 0.0322. The summed E-state index contributed by atoms with van der Waals surface area (Å²) in [5.74, 6) is -1.74. The second kappa shape index (κ2) is 9.09. The third-order valence-electron chi connectivity index (χ3n) is 3.37. The number of amides is 2. The summed E-state index contributed by atoms with van der Waals surface area (Å²) in [7, 11) is 0. The van der Waals surface area contributed by atoms with Gasteiger partial charge in [-0.2, -0.15) is 0 Å². The van der Waals surface area contributed by atoms with E-state index in [1.807, 2.05) is 0 Å². The van der Waals surface area contributed by atoms with Crippen LogP contribution in [-0.2, 0) is 9.53 Å². The van der Waals surface area contributed by atoms with Crippen molar-refractivity contribution in [3.8, 4) is 0 Å². The zero-order chi connectivity index (χ0) is 19.8. The van der Waals surface area contributed by atoms with Gasteiger partial charge in [0, 0.05) is 29.9 Å². The first-order chi connectivity index (χ1) is 12.9. The number of nitro benzene ring substituents is 1. The molecule has 0 spiro atoms. The predicted molar refractivity (Wildman–Crippen MR) is 96.5 cm³/mol. The second-order valence-corrected chi connectivity index (χ2v) is 5.37. The quantitative estimate of drug-likeness (QED) is 0.436. The van der Waals surface area contributed by atoms with Crippen LogP contribution in [0.4, 0.5) is 11.4 Å². The minimum Gasteiger partial charge on any atom is -0.452 e. The number of hydrogen-bond donors (Lipinski definition) is 2. The van der Waals surface area contributed by atoms with Gasteiger partial charge in [0.25, 0.3) is 17.5 Å². The van der Waals surface area contributed by atoms with E-state index in [1.165, 1.54) is 24.3 Å². The van der Waals surface area contributed by atoms with E-state index in [4.69, 9.17) is 4.74 Å². The zero-order valence-electron chi connectivity index (χ0n) is 14.4. The van der Waals surface area contributed by atoms with E-state index in [9.17, 15) is 24.5 Å². The van der Waals surface area contributed by atoms with Gasteiger partial charge >= 0.3 is 5.97 Å². The molecule has 0 aliphatic rings. The Hall–Kier alpha value is -3.75. The molecule has 0 unspecified atom stereocenters. The average Bonchev–Trinajstić information content (AvgIpc) is 2.66. The fourth-order valence-corrected chi connectivity index (χ4v) is 2.16. The molecule has 0 heterocycles. The number of carbonyl (C=O) groups excluding carboxylic acids is 3. The van der Waals surface area contributed by atoms with Crippen LogP contribution in [0.2, 0.25) is 0 Å². The first-order valence-electron chi connectivity index (χ1n) is 8.00. The largest absolute Gasteiger partial charge is 0.452 e. The number of benzene rings is 2. The van der Waals surface area contributed by atoms with Crippen molar-refractivity contribution in [2.75, 3.05) is 18.5 Å². The standard InChI is InChI=1S/C18H17N3O6/c1-2-19-17(23)12-5-3-7-14(9-12)20-16(22)11-27-18(24)13-6-4-8-15(10-13)21(25)26/h3-10H,2,11H2,1H3,(H,19,23)(H,20,22). The number of rotatable bonds is 7. The minimum atomic E-state index is -0.857. The molecule has 2 N–H and O–H groups in total. The van der Waals surface area contributed by atoms with E-state index in [2.05, 4.69) is 10.6 Å². The van der Waals surface area contributed by atoms with Crippen LogP contribution in [0, 0.1) is 10.1 Å². The molecule has 9 heteroatoms. The van der Waals surface area contributed by atoms with Gasteiger partial charge in [-0.25, -0.2) is 4.79 Å². The van der Waals surface area contributed by atoms with Crippen molar-refractivity contribution in [3.63, 3.8) is 0 Å². The van der Waals surface area contributed by atoms with Crippen molar-refractivity contribution >= 4 is 29.2 Å². The summed E-state index contributed by atoms with van der Waals surface area (Å²) >= 11 is 0. The van der Waals surface area contributed by atoms with Gasteiger partial charge in [0.1, 0.15) is 0 Å². The third kappa shape index (κ3) is 5.63. The van der Waals surface area contributed by atoms with E-state index in [1.54, 1.807) is 25.1 Å². The monoisotopic (exact) mass is 371 g/mol. The zero-order valence-corrected chi connectivity index (χ0v) is 14.4. The maximum absolute atomic E-state index is 11.9. The van der Waals surface area contributed by atoms with Crippen molar-refractivity contribution < 1.29 is 24.0 Å². The summed E-state index contributed by atoms with van der Waals surface area (Å²) in [6, 6.07) is 11.3. The summed E-state index contributed by atoms with van der Waals surface area (Å²) in [6.07, 6.45) is 0. The molecule has 0 saturated heterocycles. The van der Waals surface area contributed by atoms with E-state index >= 15 is 0 Å². The highest BCUT2D eigenvalue weighted by atomic mass is 16.6. The Morgan fingerprint density at radius 2 is 1.78 bits per heavy atom. The highest BCUT2D eigenvalue weighted by molar-refractivity contribution is 5.98. The highest BCUT2D eigenvalue weighted by Crippen LogP contribution is 2.14. The summed E-state index contributed by atoms with van der Waals surface area (Å²) < 4.78 is 4.86. The van der Waals surface area contributed by atoms with Crippen LogP contribution in [0.3, 0.4) is 0 Å². The fourth-order valence-electron chi connectivity index (χ4n) is 2.16. The van der Waals surface area contributed by atoms with Crippen LogP contribution in [-0.4, -0.2) is 35.9 Å². The Kier molecular flexibility index (Phi) is 6.59. The van der Waals surface area contributed by atoms with Gasteiger partial charge in [0.15, 0.2) is 6.61 Å². The molecular weight excluding hydrogens is 354 g/mol. The molecule has 0 aliphatic carbocycles. The van der Waals surface area contributed by atoms with Gasteiger partial charge < -0.3 is 15.4 Å². The molecule has 2 rings (SSSR count). The molecule has 2 aromatic carbocycles. The van der Waals surface area contributed by atoms with Crippen LogP contribution >= 0.6 is 0 Å². The first kappa shape index (κ1) is 19.6. The smallest absolute Gasteiger partial charge is 0.338 e. The molecule has 0 bridgehead atoms. The number of esters is 1. The number of hydrogen-bond acceptors (Lipinski definition) is 6. The number of nitro groups is 1.